The highest BCUT2D eigenvalue weighted by molar-refractivity contribution is 7.90. The van der Waals surface area contributed by atoms with Crippen molar-refractivity contribution in [2.24, 2.45) is 8.80 Å². The van der Waals surface area contributed by atoms with E-state index in [1.165, 1.54) is 24.3 Å². The number of benzene rings is 2. The minimum atomic E-state index is -4.39. The van der Waals surface area contributed by atoms with Crippen molar-refractivity contribution in [3.8, 4) is 0 Å². The molecule has 0 atom stereocenters. The summed E-state index contributed by atoms with van der Waals surface area (Å²) in [7, 11) is -8.78. The van der Waals surface area contributed by atoms with Crippen molar-refractivity contribution in [2.75, 3.05) is 0 Å². The van der Waals surface area contributed by atoms with Crippen molar-refractivity contribution in [1.82, 2.24) is 0 Å². The van der Waals surface area contributed by atoms with Crippen molar-refractivity contribution in [2.45, 2.75) is 32.3 Å². The minimum Gasteiger partial charge on any atom is -0.199 e. The van der Waals surface area contributed by atoms with Gasteiger partial charge in [0.15, 0.2) is 0 Å². The van der Waals surface area contributed by atoms with Crippen LogP contribution in [0.3, 0.4) is 0 Å². The summed E-state index contributed by atoms with van der Waals surface area (Å²) in [5, 5.41) is -1.17. The van der Waals surface area contributed by atoms with Gasteiger partial charge in [0.1, 0.15) is 11.4 Å². The Bertz CT molecular complexity index is 1330. The molecule has 0 aromatic heterocycles. The van der Waals surface area contributed by atoms with Crippen molar-refractivity contribution in [3.63, 3.8) is 0 Å². The van der Waals surface area contributed by atoms with E-state index in [4.69, 9.17) is 69.6 Å². The first-order chi connectivity index (χ1) is 15.5. The van der Waals surface area contributed by atoms with Crippen LogP contribution in [0, 0.1) is 13.8 Å². The molecule has 0 fully saturated rings. The molecule has 34 heavy (non-hydrogen) atoms. The molecule has 182 valence electrons. The summed E-state index contributed by atoms with van der Waals surface area (Å²) in [5.41, 5.74) is 0.232. The molecule has 2 aromatic rings. The summed E-state index contributed by atoms with van der Waals surface area (Å²) in [6.07, 6.45) is 0. The normalized spacial score (nSPS) is 20.7. The Labute approximate surface area is 227 Å². The number of hydrogen-bond donors (Lipinski definition) is 0. The lowest BCUT2D eigenvalue weighted by atomic mass is 10.0. The predicted molar refractivity (Wildman–Crippen MR) is 139 cm³/mol. The number of hydrogen-bond acceptors (Lipinski definition) is 4. The zero-order valence-electron chi connectivity index (χ0n) is 17.2. The number of rotatable bonds is 4. The average molecular weight is 623 g/mol. The molecule has 0 amide bonds. The Morgan fingerprint density at radius 1 is 0.588 bits per heavy atom. The fourth-order valence-electron chi connectivity index (χ4n) is 2.74. The van der Waals surface area contributed by atoms with Gasteiger partial charge in [0.25, 0.3) is 20.0 Å². The van der Waals surface area contributed by atoms with Gasteiger partial charge in [-0.15, -0.1) is 0 Å². The Kier molecular flexibility index (Phi) is 7.80. The van der Waals surface area contributed by atoms with Crippen molar-refractivity contribution >= 4 is 101 Å². The Balaban J connectivity index is 2.22. The monoisotopic (exact) mass is 620 g/mol. The van der Waals surface area contributed by atoms with Gasteiger partial charge in [-0.2, -0.15) is 25.6 Å². The molecular weight excluding hydrogens is 609 g/mol. The van der Waals surface area contributed by atoms with E-state index < -0.39 is 50.2 Å². The van der Waals surface area contributed by atoms with Gasteiger partial charge in [-0.3, -0.25) is 0 Å². The van der Waals surface area contributed by atoms with Crippen LogP contribution in [0.25, 0.3) is 0 Å². The number of aryl methyl sites for hydroxylation is 2. The highest BCUT2D eigenvalue weighted by Crippen LogP contribution is 2.53. The van der Waals surface area contributed by atoms with Gasteiger partial charge in [-0.1, -0.05) is 105 Å². The molecule has 0 saturated carbocycles. The van der Waals surface area contributed by atoms with Crippen LogP contribution < -0.4 is 0 Å². The van der Waals surface area contributed by atoms with Gasteiger partial charge in [-0.05, 0) is 38.1 Å². The molecule has 6 nitrogen and oxygen atoms in total. The quantitative estimate of drug-likeness (QED) is 0.373. The maximum Gasteiger partial charge on any atom is 0.282 e. The van der Waals surface area contributed by atoms with Gasteiger partial charge in [0, 0.05) is 0 Å². The fourth-order valence-corrected chi connectivity index (χ4v) is 6.80. The third-order valence-corrected chi connectivity index (χ3v) is 10.3. The van der Waals surface area contributed by atoms with Crippen LogP contribution in [-0.4, -0.2) is 36.9 Å². The van der Waals surface area contributed by atoms with Crippen molar-refractivity contribution in [3.05, 3.63) is 69.7 Å². The van der Waals surface area contributed by atoms with E-state index >= 15 is 0 Å². The molecule has 0 bridgehead atoms. The van der Waals surface area contributed by atoms with Gasteiger partial charge < -0.3 is 0 Å². The summed E-state index contributed by atoms with van der Waals surface area (Å²) < 4.78 is 53.5. The van der Waals surface area contributed by atoms with Crippen LogP contribution in [0.15, 0.2) is 77.2 Å². The van der Waals surface area contributed by atoms with E-state index in [1.807, 2.05) is 0 Å². The van der Waals surface area contributed by atoms with E-state index in [2.05, 4.69) is 8.80 Å². The van der Waals surface area contributed by atoms with Crippen molar-refractivity contribution < 1.29 is 16.8 Å². The lowest BCUT2D eigenvalue weighted by Gasteiger charge is -2.38. The lowest BCUT2D eigenvalue weighted by Crippen LogP contribution is -2.53. The van der Waals surface area contributed by atoms with E-state index in [0.717, 1.165) is 11.1 Å². The second-order valence-corrected chi connectivity index (χ2v) is 13.9. The van der Waals surface area contributed by atoms with Crippen LogP contribution in [0.5, 0.6) is 0 Å². The standard InChI is InChI=1S/C20H14Cl6N2O4S2/c1-11-3-7-13(8-4-11)33(29,30)27-17-15(21)16(22)18(20(25,26)19(17,23)24)28-34(31,32)14-9-5-12(2)6-10-14/h3-10H,1-2H3/b27-17-,28-18+. The molecule has 0 N–H and O–H groups in total. The number of sulfonamides is 2. The molecule has 0 spiro atoms. The van der Waals surface area contributed by atoms with Crippen LogP contribution in [0.4, 0.5) is 0 Å². The molecule has 14 heteroatoms. The van der Waals surface area contributed by atoms with Crippen LogP contribution in [0.2, 0.25) is 0 Å². The zero-order valence-corrected chi connectivity index (χ0v) is 23.4. The maximum atomic E-state index is 12.8. The topological polar surface area (TPSA) is 93.0 Å². The second-order valence-electron chi connectivity index (χ2n) is 7.23. The summed E-state index contributed by atoms with van der Waals surface area (Å²) in [6, 6.07) is 11.5. The number of halogens is 6. The lowest BCUT2D eigenvalue weighted by molar-refractivity contribution is 0.595. The largest absolute Gasteiger partial charge is 0.282 e. The molecule has 3 rings (SSSR count). The summed E-state index contributed by atoms with van der Waals surface area (Å²) in [6.45, 7) is 3.54. The van der Waals surface area contributed by atoms with Crippen LogP contribution >= 0.6 is 69.6 Å². The summed E-state index contributed by atoms with van der Waals surface area (Å²) in [5.74, 6) is 0. The smallest absolute Gasteiger partial charge is 0.199 e. The van der Waals surface area contributed by atoms with E-state index in [0.29, 0.717) is 0 Å². The average Bonchev–Trinajstić information content (AvgIpc) is 2.74. The Morgan fingerprint density at radius 3 is 1.12 bits per heavy atom. The first-order valence-electron chi connectivity index (χ1n) is 9.16. The van der Waals surface area contributed by atoms with Gasteiger partial charge >= 0.3 is 0 Å². The molecule has 0 heterocycles. The SMILES string of the molecule is Cc1ccc(S(=O)(=O)/N=C2C(Cl)=C(Cl)/C(=N\S(=O)(=O)c3ccc(C)cc3)C(Cl)(Cl)C/2(Cl)Cl)cc1. The molecular formula is C20H14Cl6N2O4S2. The van der Waals surface area contributed by atoms with Crippen LogP contribution in [-0.2, 0) is 20.0 Å². The molecule has 1 aliphatic rings. The Hall–Kier alpha value is -0.840. The molecule has 0 unspecified atom stereocenters. The van der Waals surface area contributed by atoms with Crippen LogP contribution in [0.1, 0.15) is 11.1 Å². The molecule has 0 radical (unpaired) electrons. The van der Waals surface area contributed by atoms with Gasteiger partial charge in [0.2, 0.25) is 8.67 Å². The maximum absolute atomic E-state index is 12.8. The highest BCUT2D eigenvalue weighted by atomic mass is 35.5. The first-order valence-corrected chi connectivity index (χ1v) is 14.3. The fraction of sp³-hybridized carbons (Fsp3) is 0.200. The Morgan fingerprint density at radius 2 is 0.853 bits per heavy atom. The number of alkyl halides is 4. The molecule has 1 aliphatic carbocycles. The second kappa shape index (κ2) is 9.56. The minimum absolute atomic E-state index is 0.188. The first kappa shape index (κ1) is 27.7. The van der Waals surface area contributed by atoms with E-state index in [9.17, 15) is 16.8 Å². The number of allylic oxidation sites excluding steroid dienone is 2. The number of nitrogens with zero attached hydrogens (tertiary/aromatic N) is 2. The van der Waals surface area contributed by atoms with Gasteiger partial charge in [-0.25, -0.2) is 0 Å². The predicted octanol–water partition coefficient (Wildman–Crippen LogP) is 6.31. The van der Waals surface area contributed by atoms with Crippen molar-refractivity contribution in [1.29, 1.82) is 0 Å². The molecule has 0 aliphatic heterocycles. The molecule has 2 aromatic carbocycles. The molecule has 0 saturated heterocycles. The zero-order chi connectivity index (χ0) is 25.7. The highest BCUT2D eigenvalue weighted by Gasteiger charge is 2.61. The van der Waals surface area contributed by atoms with E-state index in [1.54, 1.807) is 38.1 Å². The summed E-state index contributed by atoms with van der Waals surface area (Å²) in [4.78, 5) is -0.377. The van der Waals surface area contributed by atoms with Gasteiger partial charge in [0.05, 0.1) is 19.9 Å². The third-order valence-electron chi connectivity index (χ3n) is 4.66. The van der Waals surface area contributed by atoms with E-state index in [-0.39, 0.29) is 9.79 Å². The summed E-state index contributed by atoms with van der Waals surface area (Å²) >= 11 is 37.9. The third kappa shape index (κ3) is 5.15.